The van der Waals surface area contributed by atoms with Crippen LogP contribution in [0.2, 0.25) is 0 Å². The van der Waals surface area contributed by atoms with E-state index in [-0.39, 0.29) is 23.8 Å². The molecular formula is C15H20O4. The van der Waals surface area contributed by atoms with Gasteiger partial charge in [0.15, 0.2) is 0 Å². The molecule has 1 aliphatic heterocycles. The standard InChI is InChI=1S/C15H20O4/c1-9(16)4-5-11-6-7-12-10(2)14(17)19-13(12)8-15(11,3)18/h6,12-13,18H,2,4-5,7-8H2,1,3H3/t12-,13-,15-/m1/s1. The molecule has 1 fully saturated rings. The van der Waals surface area contributed by atoms with Crippen LogP contribution in [0.25, 0.3) is 0 Å². The van der Waals surface area contributed by atoms with Crippen LogP contribution in [0.15, 0.2) is 23.8 Å². The number of carbonyl (C=O) groups is 2. The molecule has 3 atom stereocenters. The largest absolute Gasteiger partial charge is 0.458 e. The van der Waals surface area contributed by atoms with Gasteiger partial charge in [0.25, 0.3) is 0 Å². The Hall–Kier alpha value is -1.42. The molecule has 2 aliphatic rings. The van der Waals surface area contributed by atoms with E-state index in [4.69, 9.17) is 4.74 Å². The molecule has 0 spiro atoms. The normalized spacial score (nSPS) is 34.4. The molecule has 0 radical (unpaired) electrons. The lowest BCUT2D eigenvalue weighted by Crippen LogP contribution is -2.32. The fourth-order valence-electron chi connectivity index (χ4n) is 2.84. The Kier molecular flexibility index (Phi) is 3.63. The SMILES string of the molecule is C=C1C(=O)O[C@@H]2C[C@@](C)(O)C(CCC(C)=O)=CC[C@H]12. The van der Waals surface area contributed by atoms with Gasteiger partial charge in [-0.2, -0.15) is 0 Å². The van der Waals surface area contributed by atoms with Crippen molar-refractivity contribution in [2.75, 3.05) is 0 Å². The van der Waals surface area contributed by atoms with E-state index < -0.39 is 5.60 Å². The van der Waals surface area contributed by atoms with E-state index in [1.165, 1.54) is 0 Å². The van der Waals surface area contributed by atoms with Gasteiger partial charge in [0.2, 0.25) is 0 Å². The van der Waals surface area contributed by atoms with E-state index >= 15 is 0 Å². The molecule has 0 aromatic rings. The molecule has 1 aliphatic carbocycles. The van der Waals surface area contributed by atoms with E-state index in [1.807, 2.05) is 6.08 Å². The molecule has 1 heterocycles. The highest BCUT2D eigenvalue weighted by Gasteiger charge is 2.44. The summed E-state index contributed by atoms with van der Waals surface area (Å²) < 4.78 is 5.27. The van der Waals surface area contributed by atoms with Crippen LogP contribution in [0.5, 0.6) is 0 Å². The number of esters is 1. The second kappa shape index (κ2) is 4.93. The Bertz CT molecular complexity index is 459. The molecule has 1 saturated heterocycles. The molecule has 2 rings (SSSR count). The minimum absolute atomic E-state index is 0.0474. The van der Waals surface area contributed by atoms with Crippen molar-refractivity contribution in [1.29, 1.82) is 0 Å². The van der Waals surface area contributed by atoms with Gasteiger partial charge < -0.3 is 14.6 Å². The summed E-state index contributed by atoms with van der Waals surface area (Å²) in [6.45, 7) is 7.03. The first-order valence-corrected chi connectivity index (χ1v) is 6.62. The maximum Gasteiger partial charge on any atom is 0.334 e. The minimum Gasteiger partial charge on any atom is -0.458 e. The highest BCUT2D eigenvalue weighted by atomic mass is 16.6. The van der Waals surface area contributed by atoms with E-state index in [2.05, 4.69) is 6.58 Å². The average molecular weight is 264 g/mol. The van der Waals surface area contributed by atoms with E-state index in [0.717, 1.165) is 5.57 Å². The van der Waals surface area contributed by atoms with Gasteiger partial charge >= 0.3 is 5.97 Å². The maximum absolute atomic E-state index is 11.5. The Labute approximate surface area is 113 Å². The van der Waals surface area contributed by atoms with Crippen molar-refractivity contribution in [2.24, 2.45) is 5.92 Å². The molecule has 1 N–H and O–H groups in total. The predicted octanol–water partition coefficient (Wildman–Crippen LogP) is 1.92. The Morgan fingerprint density at radius 3 is 2.95 bits per heavy atom. The topological polar surface area (TPSA) is 63.6 Å². The minimum atomic E-state index is -1.03. The molecule has 0 amide bonds. The number of allylic oxidation sites excluding steroid dienone is 1. The number of ketones is 1. The van der Waals surface area contributed by atoms with Crippen molar-refractivity contribution in [2.45, 2.75) is 51.2 Å². The molecule has 0 bridgehead atoms. The first kappa shape index (κ1) is 14.0. The van der Waals surface area contributed by atoms with Crippen molar-refractivity contribution < 1.29 is 19.4 Å². The fraction of sp³-hybridized carbons (Fsp3) is 0.600. The van der Waals surface area contributed by atoms with Crippen molar-refractivity contribution in [3.63, 3.8) is 0 Å². The number of ether oxygens (including phenoxy) is 1. The predicted molar refractivity (Wildman–Crippen MR) is 70.4 cm³/mol. The van der Waals surface area contributed by atoms with Crippen LogP contribution in [0.3, 0.4) is 0 Å². The summed E-state index contributed by atoms with van der Waals surface area (Å²) in [7, 11) is 0. The van der Waals surface area contributed by atoms with Gasteiger partial charge in [-0.3, -0.25) is 0 Å². The molecule has 104 valence electrons. The molecule has 19 heavy (non-hydrogen) atoms. The third-order valence-electron chi connectivity index (χ3n) is 4.07. The quantitative estimate of drug-likeness (QED) is 0.480. The number of hydrogen-bond donors (Lipinski definition) is 1. The summed E-state index contributed by atoms with van der Waals surface area (Å²) in [5.41, 5.74) is 0.325. The zero-order chi connectivity index (χ0) is 14.2. The average Bonchev–Trinajstić information content (AvgIpc) is 2.48. The lowest BCUT2D eigenvalue weighted by atomic mass is 9.86. The highest BCUT2D eigenvalue weighted by molar-refractivity contribution is 5.90. The summed E-state index contributed by atoms with van der Waals surface area (Å²) in [6, 6.07) is 0. The second-order valence-corrected chi connectivity index (χ2v) is 5.72. The molecule has 4 heteroatoms. The molecule has 0 aromatic heterocycles. The van der Waals surface area contributed by atoms with Gasteiger partial charge in [-0.25, -0.2) is 4.79 Å². The third kappa shape index (κ3) is 2.78. The van der Waals surface area contributed by atoms with E-state index in [9.17, 15) is 14.7 Å². The summed E-state index contributed by atoms with van der Waals surface area (Å²) >= 11 is 0. The van der Waals surface area contributed by atoms with Crippen molar-refractivity contribution in [3.05, 3.63) is 23.8 Å². The van der Waals surface area contributed by atoms with E-state index in [1.54, 1.807) is 13.8 Å². The third-order valence-corrected chi connectivity index (χ3v) is 4.07. The summed E-state index contributed by atoms with van der Waals surface area (Å²) in [6.07, 6.45) is 3.63. The first-order valence-electron chi connectivity index (χ1n) is 6.62. The van der Waals surface area contributed by atoms with Gasteiger partial charge in [-0.1, -0.05) is 12.7 Å². The molecule has 0 unspecified atom stereocenters. The van der Waals surface area contributed by atoms with E-state index in [0.29, 0.717) is 31.3 Å². The Morgan fingerprint density at radius 2 is 2.32 bits per heavy atom. The van der Waals surface area contributed by atoms with Crippen molar-refractivity contribution in [3.8, 4) is 0 Å². The van der Waals surface area contributed by atoms with Crippen LogP contribution in [0.1, 0.15) is 39.5 Å². The fourth-order valence-corrected chi connectivity index (χ4v) is 2.84. The first-order chi connectivity index (χ1) is 8.81. The number of carbonyl (C=O) groups excluding carboxylic acids is 2. The number of fused-ring (bicyclic) bond motifs is 1. The molecule has 0 aromatic carbocycles. The molecular weight excluding hydrogens is 244 g/mol. The lowest BCUT2D eigenvalue weighted by Gasteiger charge is -2.28. The lowest BCUT2D eigenvalue weighted by molar-refractivity contribution is -0.140. The van der Waals surface area contributed by atoms with Gasteiger partial charge in [-0.15, -0.1) is 0 Å². The van der Waals surface area contributed by atoms with Gasteiger partial charge in [-0.05, 0) is 32.3 Å². The molecule has 0 saturated carbocycles. The van der Waals surface area contributed by atoms with Crippen LogP contribution >= 0.6 is 0 Å². The van der Waals surface area contributed by atoms with Crippen molar-refractivity contribution >= 4 is 11.8 Å². The smallest absolute Gasteiger partial charge is 0.334 e. The Morgan fingerprint density at radius 1 is 1.63 bits per heavy atom. The van der Waals surface area contributed by atoms with Crippen LogP contribution < -0.4 is 0 Å². The summed E-state index contributed by atoms with van der Waals surface area (Å²) in [5.74, 6) is -0.294. The van der Waals surface area contributed by atoms with Crippen LogP contribution in [0.4, 0.5) is 0 Å². The van der Waals surface area contributed by atoms with Crippen LogP contribution in [0, 0.1) is 5.92 Å². The molecule has 4 nitrogen and oxygen atoms in total. The zero-order valence-electron chi connectivity index (χ0n) is 11.4. The van der Waals surface area contributed by atoms with Crippen molar-refractivity contribution in [1.82, 2.24) is 0 Å². The number of hydrogen-bond acceptors (Lipinski definition) is 4. The van der Waals surface area contributed by atoms with Gasteiger partial charge in [0.05, 0.1) is 5.60 Å². The maximum atomic E-state index is 11.5. The number of aliphatic hydroxyl groups is 1. The number of Topliss-reactive ketones (excluding diaryl/α,β-unsaturated/α-hetero) is 1. The number of rotatable bonds is 3. The summed E-state index contributed by atoms with van der Waals surface area (Å²) in [5, 5.41) is 10.5. The summed E-state index contributed by atoms with van der Waals surface area (Å²) in [4.78, 5) is 22.6. The van der Waals surface area contributed by atoms with Gasteiger partial charge in [0, 0.05) is 24.3 Å². The second-order valence-electron chi connectivity index (χ2n) is 5.72. The Balaban J connectivity index is 2.18. The highest BCUT2D eigenvalue weighted by Crippen LogP contribution is 2.40. The van der Waals surface area contributed by atoms with Crippen LogP contribution in [-0.4, -0.2) is 28.6 Å². The van der Waals surface area contributed by atoms with Crippen LogP contribution in [-0.2, 0) is 14.3 Å². The van der Waals surface area contributed by atoms with Gasteiger partial charge in [0.1, 0.15) is 11.9 Å². The zero-order valence-corrected chi connectivity index (χ0v) is 11.4. The monoisotopic (exact) mass is 264 g/mol.